The standard InChI is InChI=1S/C25H27NO4/c1-4-15-30-24-14-10-19(29-3)16-21(24)23-13-11-20(25(27)28)22(26-23)12-9-18-7-5-17(2)6-8-18/h5-8,10-11,13-14,16H,4,9,12,15H2,1-3H3,(H,27,28). The highest BCUT2D eigenvalue weighted by molar-refractivity contribution is 5.89. The molecule has 0 amide bonds. The van der Waals surface area contributed by atoms with Crippen LogP contribution in [0.3, 0.4) is 0 Å². The summed E-state index contributed by atoms with van der Waals surface area (Å²) in [5.74, 6) is 0.429. The third-order valence-corrected chi connectivity index (χ3v) is 4.90. The number of carboxylic acid groups (broad SMARTS) is 1. The first-order chi connectivity index (χ1) is 14.5. The Bertz CT molecular complexity index is 1010. The van der Waals surface area contributed by atoms with E-state index in [4.69, 9.17) is 14.5 Å². The quantitative estimate of drug-likeness (QED) is 0.520. The van der Waals surface area contributed by atoms with Crippen LogP contribution < -0.4 is 9.47 Å². The van der Waals surface area contributed by atoms with Crippen LogP contribution in [0.2, 0.25) is 0 Å². The summed E-state index contributed by atoms with van der Waals surface area (Å²) in [6.45, 7) is 4.68. The van der Waals surface area contributed by atoms with Gasteiger partial charge in [-0.05, 0) is 62.1 Å². The number of methoxy groups -OCH3 is 1. The lowest BCUT2D eigenvalue weighted by Crippen LogP contribution is -2.07. The molecule has 0 aliphatic rings. The Hall–Kier alpha value is -3.34. The second-order valence-corrected chi connectivity index (χ2v) is 7.19. The number of rotatable bonds is 9. The molecule has 0 fully saturated rings. The fourth-order valence-electron chi connectivity index (χ4n) is 3.23. The van der Waals surface area contributed by atoms with Gasteiger partial charge in [0.1, 0.15) is 11.5 Å². The summed E-state index contributed by atoms with van der Waals surface area (Å²) in [6.07, 6.45) is 2.14. The van der Waals surface area contributed by atoms with Gasteiger partial charge in [-0.2, -0.15) is 0 Å². The van der Waals surface area contributed by atoms with Crippen molar-refractivity contribution in [1.82, 2.24) is 4.98 Å². The van der Waals surface area contributed by atoms with E-state index in [9.17, 15) is 9.90 Å². The average molecular weight is 405 g/mol. The Morgan fingerprint density at radius 3 is 2.47 bits per heavy atom. The van der Waals surface area contributed by atoms with Gasteiger partial charge in [0, 0.05) is 5.56 Å². The first-order valence-electron chi connectivity index (χ1n) is 10.1. The van der Waals surface area contributed by atoms with Gasteiger partial charge in [-0.3, -0.25) is 4.98 Å². The number of aryl methyl sites for hydroxylation is 3. The average Bonchev–Trinajstić information content (AvgIpc) is 2.77. The Morgan fingerprint density at radius 2 is 1.80 bits per heavy atom. The summed E-state index contributed by atoms with van der Waals surface area (Å²) in [7, 11) is 1.61. The van der Waals surface area contributed by atoms with Gasteiger partial charge in [0.15, 0.2) is 0 Å². The van der Waals surface area contributed by atoms with Crippen LogP contribution in [0.25, 0.3) is 11.3 Å². The number of ether oxygens (including phenoxy) is 2. The third-order valence-electron chi connectivity index (χ3n) is 4.90. The zero-order chi connectivity index (χ0) is 21.5. The molecule has 1 aromatic heterocycles. The molecule has 0 spiro atoms. The van der Waals surface area contributed by atoms with Crippen LogP contribution in [-0.2, 0) is 12.8 Å². The van der Waals surface area contributed by atoms with Crippen LogP contribution in [-0.4, -0.2) is 29.8 Å². The Kier molecular flexibility index (Phi) is 7.07. The van der Waals surface area contributed by atoms with Crippen molar-refractivity contribution in [3.63, 3.8) is 0 Å². The van der Waals surface area contributed by atoms with E-state index in [2.05, 4.69) is 24.3 Å². The van der Waals surface area contributed by atoms with Gasteiger partial charge in [0.05, 0.1) is 30.7 Å². The van der Waals surface area contributed by atoms with E-state index < -0.39 is 5.97 Å². The Morgan fingerprint density at radius 1 is 1.03 bits per heavy atom. The highest BCUT2D eigenvalue weighted by Gasteiger charge is 2.16. The molecule has 0 saturated carbocycles. The van der Waals surface area contributed by atoms with Gasteiger partial charge in [-0.25, -0.2) is 4.79 Å². The molecule has 2 aromatic carbocycles. The molecular formula is C25H27NO4. The number of benzene rings is 2. The molecule has 0 bridgehead atoms. The predicted molar refractivity (Wildman–Crippen MR) is 118 cm³/mol. The molecule has 1 heterocycles. The van der Waals surface area contributed by atoms with Gasteiger partial charge in [0.2, 0.25) is 0 Å². The molecule has 3 aromatic rings. The summed E-state index contributed by atoms with van der Waals surface area (Å²) < 4.78 is 11.3. The highest BCUT2D eigenvalue weighted by atomic mass is 16.5. The van der Waals surface area contributed by atoms with E-state index >= 15 is 0 Å². The molecule has 0 unspecified atom stereocenters. The minimum atomic E-state index is -0.971. The van der Waals surface area contributed by atoms with Crippen molar-refractivity contribution in [2.24, 2.45) is 0 Å². The largest absolute Gasteiger partial charge is 0.497 e. The topological polar surface area (TPSA) is 68.7 Å². The van der Waals surface area contributed by atoms with Crippen LogP contribution >= 0.6 is 0 Å². The zero-order valence-electron chi connectivity index (χ0n) is 17.6. The van der Waals surface area contributed by atoms with E-state index in [0.717, 1.165) is 17.5 Å². The second kappa shape index (κ2) is 9.92. The molecule has 0 atom stereocenters. The molecule has 30 heavy (non-hydrogen) atoms. The monoisotopic (exact) mass is 405 g/mol. The Balaban J connectivity index is 1.97. The molecule has 5 nitrogen and oxygen atoms in total. The number of pyridine rings is 1. The maximum Gasteiger partial charge on any atom is 0.337 e. The first-order valence-corrected chi connectivity index (χ1v) is 10.1. The van der Waals surface area contributed by atoms with Crippen LogP contribution in [0, 0.1) is 6.92 Å². The molecular weight excluding hydrogens is 378 g/mol. The van der Waals surface area contributed by atoms with Crippen molar-refractivity contribution in [2.75, 3.05) is 13.7 Å². The van der Waals surface area contributed by atoms with Crippen molar-refractivity contribution in [2.45, 2.75) is 33.1 Å². The molecule has 0 saturated heterocycles. The first kappa shape index (κ1) is 21.4. The summed E-state index contributed by atoms with van der Waals surface area (Å²) in [6, 6.07) is 17.2. The number of carbonyl (C=O) groups is 1. The third kappa shape index (κ3) is 5.17. The molecule has 156 valence electrons. The normalized spacial score (nSPS) is 10.6. The van der Waals surface area contributed by atoms with Crippen LogP contribution in [0.1, 0.15) is 40.5 Å². The molecule has 0 aliphatic carbocycles. The van der Waals surface area contributed by atoms with Gasteiger partial charge in [0.25, 0.3) is 0 Å². The van der Waals surface area contributed by atoms with Crippen molar-refractivity contribution in [1.29, 1.82) is 0 Å². The van der Waals surface area contributed by atoms with E-state index in [-0.39, 0.29) is 5.56 Å². The number of aromatic nitrogens is 1. The van der Waals surface area contributed by atoms with Crippen molar-refractivity contribution >= 4 is 5.97 Å². The second-order valence-electron chi connectivity index (χ2n) is 7.19. The van der Waals surface area contributed by atoms with E-state index in [1.807, 2.05) is 32.0 Å². The minimum Gasteiger partial charge on any atom is -0.497 e. The number of carboxylic acids is 1. The maximum atomic E-state index is 11.7. The summed E-state index contributed by atoms with van der Waals surface area (Å²) >= 11 is 0. The molecule has 5 heteroatoms. The van der Waals surface area contributed by atoms with E-state index in [1.165, 1.54) is 5.56 Å². The molecule has 0 radical (unpaired) electrons. The lowest BCUT2D eigenvalue weighted by Gasteiger charge is -2.14. The Labute approximate surface area is 177 Å². The van der Waals surface area contributed by atoms with Crippen molar-refractivity contribution < 1.29 is 19.4 Å². The predicted octanol–water partition coefficient (Wildman–Crippen LogP) is 5.34. The molecule has 1 N–H and O–H groups in total. The molecule has 3 rings (SSSR count). The van der Waals surface area contributed by atoms with Gasteiger partial charge in [-0.15, -0.1) is 0 Å². The summed E-state index contributed by atoms with van der Waals surface area (Å²) in [5.41, 5.74) is 4.59. The zero-order valence-corrected chi connectivity index (χ0v) is 17.6. The summed E-state index contributed by atoms with van der Waals surface area (Å²) in [4.78, 5) is 16.5. The lowest BCUT2D eigenvalue weighted by molar-refractivity contribution is 0.0695. The van der Waals surface area contributed by atoms with E-state index in [1.54, 1.807) is 19.2 Å². The van der Waals surface area contributed by atoms with Gasteiger partial charge < -0.3 is 14.6 Å². The highest BCUT2D eigenvalue weighted by Crippen LogP contribution is 2.33. The maximum absolute atomic E-state index is 11.7. The number of hydrogen-bond donors (Lipinski definition) is 1. The molecule has 0 aliphatic heterocycles. The SMILES string of the molecule is CCCOc1ccc(OC)cc1-c1ccc(C(=O)O)c(CCc2ccc(C)cc2)n1. The number of aromatic carboxylic acids is 1. The fraction of sp³-hybridized carbons (Fsp3) is 0.280. The van der Waals surface area contributed by atoms with Gasteiger partial charge in [-0.1, -0.05) is 36.8 Å². The van der Waals surface area contributed by atoms with Crippen LogP contribution in [0.4, 0.5) is 0 Å². The smallest absolute Gasteiger partial charge is 0.337 e. The van der Waals surface area contributed by atoms with E-state index in [0.29, 0.717) is 42.3 Å². The lowest BCUT2D eigenvalue weighted by atomic mass is 10.0. The minimum absolute atomic E-state index is 0.227. The summed E-state index contributed by atoms with van der Waals surface area (Å²) in [5, 5.41) is 9.63. The number of hydrogen-bond acceptors (Lipinski definition) is 4. The van der Waals surface area contributed by atoms with Crippen LogP contribution in [0.15, 0.2) is 54.6 Å². The fourth-order valence-corrected chi connectivity index (χ4v) is 3.23. The number of nitrogens with zero attached hydrogens (tertiary/aromatic N) is 1. The van der Waals surface area contributed by atoms with Crippen LogP contribution in [0.5, 0.6) is 11.5 Å². The van der Waals surface area contributed by atoms with Gasteiger partial charge >= 0.3 is 5.97 Å². The van der Waals surface area contributed by atoms with Crippen molar-refractivity contribution in [3.8, 4) is 22.8 Å². The van der Waals surface area contributed by atoms with Crippen molar-refractivity contribution in [3.05, 3.63) is 77.0 Å².